The van der Waals surface area contributed by atoms with Gasteiger partial charge in [0.25, 0.3) is 15.9 Å². The van der Waals surface area contributed by atoms with E-state index in [0.717, 1.165) is 16.9 Å². The predicted molar refractivity (Wildman–Crippen MR) is 141 cm³/mol. The minimum absolute atomic E-state index is 0.194. The Bertz CT molecular complexity index is 1420. The number of benzene rings is 4. The molecule has 4 aromatic rings. The summed E-state index contributed by atoms with van der Waals surface area (Å²) in [5.41, 5.74) is 5.16. The number of hydrogen-bond acceptors (Lipinski definition) is 5. The highest BCUT2D eigenvalue weighted by molar-refractivity contribution is 7.92. The van der Waals surface area contributed by atoms with Gasteiger partial charge in [-0.15, -0.1) is 0 Å². The average molecular weight is 500 g/mol. The molecule has 4 rings (SSSR count). The van der Waals surface area contributed by atoms with Crippen molar-refractivity contribution in [3.63, 3.8) is 0 Å². The highest BCUT2D eigenvalue weighted by Crippen LogP contribution is 2.22. The van der Waals surface area contributed by atoms with Gasteiger partial charge in [0.15, 0.2) is 0 Å². The zero-order valence-corrected chi connectivity index (χ0v) is 20.4. The first-order valence-corrected chi connectivity index (χ1v) is 12.6. The molecule has 0 fully saturated rings. The molecule has 0 aliphatic rings. The Balaban J connectivity index is 1.31. The monoisotopic (exact) mass is 499 g/mol. The molecule has 0 unspecified atom stereocenters. The summed E-state index contributed by atoms with van der Waals surface area (Å²) in [6.45, 7) is 0.483. The summed E-state index contributed by atoms with van der Waals surface area (Å²) in [6.07, 6.45) is 1.54. The molecule has 4 aromatic carbocycles. The third-order valence-electron chi connectivity index (χ3n) is 5.40. The zero-order valence-electron chi connectivity index (χ0n) is 19.6. The molecule has 0 bridgehead atoms. The second-order valence-electron chi connectivity index (χ2n) is 7.87. The van der Waals surface area contributed by atoms with Crippen LogP contribution in [0.1, 0.15) is 21.5 Å². The topological polar surface area (TPSA) is 88.1 Å². The fraction of sp³-hybridized carbons (Fsp3) is 0.0714. The van der Waals surface area contributed by atoms with E-state index in [1.165, 1.54) is 29.7 Å². The molecule has 0 atom stereocenters. The molecular formula is C28H25N3O4S. The van der Waals surface area contributed by atoms with Crippen LogP contribution in [-0.4, -0.2) is 27.6 Å². The molecule has 0 heterocycles. The van der Waals surface area contributed by atoms with E-state index in [9.17, 15) is 13.2 Å². The van der Waals surface area contributed by atoms with Gasteiger partial charge in [0, 0.05) is 12.6 Å². The Morgan fingerprint density at radius 1 is 0.861 bits per heavy atom. The highest BCUT2D eigenvalue weighted by Gasteiger charge is 2.21. The quantitative estimate of drug-likeness (QED) is 0.263. The van der Waals surface area contributed by atoms with Gasteiger partial charge in [0.2, 0.25) is 0 Å². The summed E-state index contributed by atoms with van der Waals surface area (Å²) >= 11 is 0. The van der Waals surface area contributed by atoms with Crippen LogP contribution in [0, 0.1) is 0 Å². The number of carbonyl (C=O) groups is 1. The number of hydrogen-bond donors (Lipinski definition) is 1. The van der Waals surface area contributed by atoms with Crippen molar-refractivity contribution in [1.29, 1.82) is 0 Å². The van der Waals surface area contributed by atoms with Gasteiger partial charge in [-0.3, -0.25) is 9.10 Å². The number of anilines is 1. The van der Waals surface area contributed by atoms with Crippen LogP contribution >= 0.6 is 0 Å². The van der Waals surface area contributed by atoms with E-state index in [1.807, 2.05) is 54.6 Å². The van der Waals surface area contributed by atoms with Crippen molar-refractivity contribution in [2.24, 2.45) is 5.10 Å². The second kappa shape index (κ2) is 11.3. The van der Waals surface area contributed by atoms with Crippen LogP contribution in [0.15, 0.2) is 119 Å². The first-order chi connectivity index (χ1) is 17.4. The van der Waals surface area contributed by atoms with E-state index in [-0.39, 0.29) is 4.90 Å². The molecule has 0 aliphatic carbocycles. The van der Waals surface area contributed by atoms with Crippen molar-refractivity contribution in [2.75, 3.05) is 11.4 Å². The Hall–Kier alpha value is -4.43. The fourth-order valence-corrected chi connectivity index (χ4v) is 4.55. The molecule has 0 aromatic heterocycles. The lowest BCUT2D eigenvalue weighted by atomic mass is 10.2. The molecular weight excluding hydrogens is 474 g/mol. The SMILES string of the molecule is CN(c1ccc(C(=O)N/N=C\c2ccc(OCc3ccccc3)cc2)cc1)S(=O)(=O)c1ccccc1. The summed E-state index contributed by atoms with van der Waals surface area (Å²) in [5.74, 6) is 0.327. The van der Waals surface area contributed by atoms with Crippen LogP contribution in [0.4, 0.5) is 5.69 Å². The van der Waals surface area contributed by atoms with Crippen LogP contribution in [0.3, 0.4) is 0 Å². The standard InChI is InChI=1S/C28H25N3O4S/c1-31(36(33,34)27-10-6-3-7-11-27)25-16-14-24(15-17-25)28(32)30-29-20-22-12-18-26(19-13-22)35-21-23-8-4-2-5-9-23/h2-20H,21H2,1H3,(H,30,32)/b29-20-. The van der Waals surface area contributed by atoms with Crippen molar-refractivity contribution in [1.82, 2.24) is 5.43 Å². The number of rotatable bonds is 9. The summed E-state index contributed by atoms with van der Waals surface area (Å²) in [7, 11) is -2.22. The lowest BCUT2D eigenvalue weighted by Crippen LogP contribution is -2.26. The van der Waals surface area contributed by atoms with Gasteiger partial charge in [-0.25, -0.2) is 13.8 Å². The molecule has 0 saturated carbocycles. The minimum Gasteiger partial charge on any atom is -0.489 e. The Morgan fingerprint density at radius 2 is 1.47 bits per heavy atom. The van der Waals surface area contributed by atoms with Gasteiger partial charge in [-0.1, -0.05) is 48.5 Å². The smallest absolute Gasteiger partial charge is 0.271 e. The van der Waals surface area contributed by atoms with E-state index in [0.29, 0.717) is 17.9 Å². The van der Waals surface area contributed by atoms with Crippen molar-refractivity contribution in [2.45, 2.75) is 11.5 Å². The minimum atomic E-state index is -3.69. The zero-order chi connectivity index (χ0) is 25.4. The molecule has 7 nitrogen and oxygen atoms in total. The van der Waals surface area contributed by atoms with E-state index in [1.54, 1.807) is 42.5 Å². The normalized spacial score (nSPS) is 11.2. The maximum atomic E-state index is 12.8. The van der Waals surface area contributed by atoms with E-state index >= 15 is 0 Å². The van der Waals surface area contributed by atoms with E-state index < -0.39 is 15.9 Å². The van der Waals surface area contributed by atoms with Crippen molar-refractivity contribution in [3.05, 3.63) is 126 Å². The Morgan fingerprint density at radius 3 is 2.11 bits per heavy atom. The number of carbonyl (C=O) groups excluding carboxylic acids is 1. The van der Waals surface area contributed by atoms with Gasteiger partial charge in [0.1, 0.15) is 12.4 Å². The van der Waals surface area contributed by atoms with Gasteiger partial charge in [-0.2, -0.15) is 5.10 Å². The largest absolute Gasteiger partial charge is 0.489 e. The second-order valence-corrected chi connectivity index (χ2v) is 9.84. The third kappa shape index (κ3) is 6.17. The molecule has 0 radical (unpaired) electrons. The van der Waals surface area contributed by atoms with Crippen LogP contribution in [0.2, 0.25) is 0 Å². The molecule has 0 saturated heterocycles. The van der Waals surface area contributed by atoms with Gasteiger partial charge < -0.3 is 4.74 Å². The highest BCUT2D eigenvalue weighted by atomic mass is 32.2. The number of ether oxygens (including phenoxy) is 1. The van der Waals surface area contributed by atoms with Gasteiger partial charge in [0.05, 0.1) is 16.8 Å². The van der Waals surface area contributed by atoms with Crippen molar-refractivity contribution >= 4 is 27.8 Å². The number of nitrogens with one attached hydrogen (secondary N) is 1. The molecule has 36 heavy (non-hydrogen) atoms. The summed E-state index contributed by atoms with van der Waals surface area (Å²) in [6, 6.07) is 31.7. The molecule has 0 aliphatic heterocycles. The van der Waals surface area contributed by atoms with Crippen LogP contribution in [-0.2, 0) is 16.6 Å². The first kappa shape index (κ1) is 24.7. The predicted octanol–water partition coefficient (Wildman–Crippen LogP) is 4.85. The average Bonchev–Trinajstić information content (AvgIpc) is 2.93. The first-order valence-electron chi connectivity index (χ1n) is 11.2. The molecule has 8 heteroatoms. The Labute approximate surface area is 210 Å². The van der Waals surface area contributed by atoms with Crippen molar-refractivity contribution in [3.8, 4) is 5.75 Å². The number of sulfonamides is 1. The Kier molecular flexibility index (Phi) is 7.77. The lowest BCUT2D eigenvalue weighted by Gasteiger charge is -2.19. The van der Waals surface area contributed by atoms with Crippen molar-refractivity contribution < 1.29 is 17.9 Å². The summed E-state index contributed by atoms with van der Waals surface area (Å²) in [4.78, 5) is 12.6. The van der Waals surface area contributed by atoms with Gasteiger partial charge in [-0.05, 0) is 71.8 Å². The molecule has 182 valence electrons. The van der Waals surface area contributed by atoms with E-state index in [4.69, 9.17) is 4.74 Å². The van der Waals surface area contributed by atoms with Crippen LogP contribution in [0.25, 0.3) is 0 Å². The number of hydrazone groups is 1. The maximum Gasteiger partial charge on any atom is 0.271 e. The number of amides is 1. The summed E-state index contributed by atoms with van der Waals surface area (Å²) < 4.78 is 32.5. The summed E-state index contributed by atoms with van der Waals surface area (Å²) in [5, 5.41) is 4.01. The fourth-order valence-electron chi connectivity index (χ4n) is 3.33. The van der Waals surface area contributed by atoms with Crippen LogP contribution < -0.4 is 14.5 Å². The molecule has 1 amide bonds. The number of nitrogens with zero attached hydrogens (tertiary/aromatic N) is 2. The maximum absolute atomic E-state index is 12.8. The van der Waals surface area contributed by atoms with E-state index in [2.05, 4.69) is 10.5 Å². The van der Waals surface area contributed by atoms with Crippen LogP contribution in [0.5, 0.6) is 5.75 Å². The van der Waals surface area contributed by atoms with Gasteiger partial charge >= 0.3 is 0 Å². The lowest BCUT2D eigenvalue weighted by molar-refractivity contribution is 0.0955. The molecule has 1 N–H and O–H groups in total. The molecule has 0 spiro atoms. The third-order valence-corrected chi connectivity index (χ3v) is 7.20.